The van der Waals surface area contributed by atoms with Crippen LogP contribution < -0.4 is 0 Å². The van der Waals surface area contributed by atoms with Crippen molar-refractivity contribution in [1.82, 2.24) is 0 Å². The molecule has 0 aromatic heterocycles. The Hall–Kier alpha value is -0.570. The van der Waals surface area contributed by atoms with Crippen molar-refractivity contribution in [3.05, 3.63) is 33.8 Å². The van der Waals surface area contributed by atoms with Gasteiger partial charge in [-0.2, -0.15) is 0 Å². The summed E-state index contributed by atoms with van der Waals surface area (Å²) in [5, 5.41) is 0.823. The van der Waals surface area contributed by atoms with Crippen LogP contribution in [0.3, 0.4) is 0 Å². The van der Waals surface area contributed by atoms with E-state index in [4.69, 9.17) is 27.9 Å². The molecule has 1 aromatic rings. The SMILES string of the molecule is CCOC(C(=O)c1ccc(Cl)c(Cl)c1)C(C)(C)C. The fraction of sp³-hybridized carbons (Fsp3) is 0.500. The molecule has 100 valence electrons. The van der Waals surface area contributed by atoms with Gasteiger partial charge in [0.25, 0.3) is 0 Å². The number of rotatable bonds is 4. The molecule has 0 aliphatic heterocycles. The molecule has 1 aromatic carbocycles. The van der Waals surface area contributed by atoms with Crippen molar-refractivity contribution in [1.29, 1.82) is 0 Å². The predicted molar refractivity (Wildman–Crippen MR) is 75.7 cm³/mol. The normalized spacial score (nSPS) is 13.4. The largest absolute Gasteiger partial charge is 0.370 e. The van der Waals surface area contributed by atoms with Gasteiger partial charge in [0.05, 0.1) is 10.0 Å². The average molecular weight is 289 g/mol. The number of hydrogen-bond donors (Lipinski definition) is 0. The first kappa shape index (κ1) is 15.5. The van der Waals surface area contributed by atoms with Gasteiger partial charge in [-0.3, -0.25) is 4.79 Å². The van der Waals surface area contributed by atoms with Crippen molar-refractivity contribution < 1.29 is 9.53 Å². The van der Waals surface area contributed by atoms with Gasteiger partial charge in [-0.1, -0.05) is 44.0 Å². The third-order valence-corrected chi connectivity index (χ3v) is 3.30. The van der Waals surface area contributed by atoms with Crippen LogP contribution in [0.5, 0.6) is 0 Å². The maximum atomic E-state index is 12.4. The summed E-state index contributed by atoms with van der Waals surface area (Å²) in [7, 11) is 0. The number of carbonyl (C=O) groups is 1. The van der Waals surface area contributed by atoms with Crippen molar-refractivity contribution in [2.24, 2.45) is 5.41 Å². The highest BCUT2D eigenvalue weighted by molar-refractivity contribution is 6.42. The lowest BCUT2D eigenvalue weighted by Crippen LogP contribution is -2.37. The van der Waals surface area contributed by atoms with Gasteiger partial charge in [-0.15, -0.1) is 0 Å². The van der Waals surface area contributed by atoms with Crippen LogP contribution in [0.2, 0.25) is 10.0 Å². The zero-order chi connectivity index (χ0) is 13.9. The van der Waals surface area contributed by atoms with Gasteiger partial charge < -0.3 is 4.74 Å². The van der Waals surface area contributed by atoms with E-state index >= 15 is 0 Å². The zero-order valence-electron chi connectivity index (χ0n) is 11.1. The topological polar surface area (TPSA) is 26.3 Å². The third kappa shape index (κ3) is 3.71. The highest BCUT2D eigenvalue weighted by Gasteiger charge is 2.32. The summed E-state index contributed by atoms with van der Waals surface area (Å²) in [4.78, 5) is 12.4. The zero-order valence-corrected chi connectivity index (χ0v) is 12.6. The monoisotopic (exact) mass is 288 g/mol. The maximum absolute atomic E-state index is 12.4. The van der Waals surface area contributed by atoms with Gasteiger partial charge in [0.15, 0.2) is 5.78 Å². The van der Waals surface area contributed by atoms with E-state index in [0.29, 0.717) is 22.2 Å². The molecule has 0 amide bonds. The van der Waals surface area contributed by atoms with Crippen LogP contribution in [0.15, 0.2) is 18.2 Å². The first-order valence-electron chi connectivity index (χ1n) is 5.88. The standard InChI is InChI=1S/C14H18Cl2O2/c1-5-18-13(14(2,3)4)12(17)9-6-7-10(15)11(16)8-9/h6-8,13H,5H2,1-4H3. The molecule has 0 fully saturated rings. The number of ether oxygens (including phenoxy) is 1. The lowest BCUT2D eigenvalue weighted by molar-refractivity contribution is -0.000218. The number of ketones is 1. The van der Waals surface area contributed by atoms with Crippen molar-refractivity contribution in [3.8, 4) is 0 Å². The number of hydrogen-bond acceptors (Lipinski definition) is 2. The number of benzene rings is 1. The molecule has 1 rings (SSSR count). The lowest BCUT2D eigenvalue weighted by atomic mass is 9.84. The second kappa shape index (κ2) is 6.05. The molecule has 0 bridgehead atoms. The van der Waals surface area contributed by atoms with Gasteiger partial charge in [-0.05, 0) is 30.5 Å². The molecule has 0 aliphatic rings. The Kier molecular flexibility index (Phi) is 5.20. The number of carbonyl (C=O) groups excluding carboxylic acids is 1. The molecular weight excluding hydrogens is 271 g/mol. The van der Waals surface area contributed by atoms with Crippen molar-refractivity contribution in [2.45, 2.75) is 33.8 Å². The van der Waals surface area contributed by atoms with Gasteiger partial charge in [0.2, 0.25) is 0 Å². The van der Waals surface area contributed by atoms with Crippen LogP contribution in [0.1, 0.15) is 38.1 Å². The lowest BCUT2D eigenvalue weighted by Gasteiger charge is -2.29. The highest BCUT2D eigenvalue weighted by atomic mass is 35.5. The first-order chi connectivity index (χ1) is 8.27. The maximum Gasteiger partial charge on any atom is 0.192 e. The smallest absolute Gasteiger partial charge is 0.192 e. The minimum Gasteiger partial charge on any atom is -0.370 e. The highest BCUT2D eigenvalue weighted by Crippen LogP contribution is 2.28. The van der Waals surface area contributed by atoms with Crippen molar-refractivity contribution in [2.75, 3.05) is 6.61 Å². The molecule has 0 heterocycles. The minimum absolute atomic E-state index is 0.0667. The van der Waals surface area contributed by atoms with Gasteiger partial charge >= 0.3 is 0 Å². The van der Waals surface area contributed by atoms with Gasteiger partial charge in [0.1, 0.15) is 6.10 Å². The van der Waals surface area contributed by atoms with E-state index in [1.54, 1.807) is 18.2 Å². The van der Waals surface area contributed by atoms with Crippen molar-refractivity contribution >= 4 is 29.0 Å². The molecule has 2 nitrogen and oxygen atoms in total. The summed E-state index contributed by atoms with van der Waals surface area (Å²) in [6.45, 7) is 8.30. The molecular formula is C14H18Cl2O2. The van der Waals surface area contributed by atoms with E-state index in [9.17, 15) is 4.79 Å². The molecule has 0 aliphatic carbocycles. The molecule has 0 spiro atoms. The predicted octanol–water partition coefficient (Wildman–Crippen LogP) is 4.63. The molecule has 4 heteroatoms. The first-order valence-corrected chi connectivity index (χ1v) is 6.63. The van der Waals surface area contributed by atoms with Gasteiger partial charge in [0, 0.05) is 12.2 Å². The average Bonchev–Trinajstić information content (AvgIpc) is 2.27. The van der Waals surface area contributed by atoms with Crippen LogP contribution in [0, 0.1) is 5.41 Å². The fourth-order valence-corrected chi connectivity index (χ4v) is 1.98. The molecule has 18 heavy (non-hydrogen) atoms. The third-order valence-electron chi connectivity index (χ3n) is 2.56. The van der Waals surface area contributed by atoms with E-state index in [-0.39, 0.29) is 11.2 Å². The van der Waals surface area contributed by atoms with E-state index < -0.39 is 6.10 Å². The molecule has 1 atom stereocenters. The Labute approximate surface area is 118 Å². The minimum atomic E-state index is -0.486. The van der Waals surface area contributed by atoms with Crippen molar-refractivity contribution in [3.63, 3.8) is 0 Å². The second-order valence-corrected chi connectivity index (χ2v) is 6.01. The molecule has 0 saturated heterocycles. The quantitative estimate of drug-likeness (QED) is 0.755. The number of halogens is 2. The molecule has 0 radical (unpaired) electrons. The number of Topliss-reactive ketones (excluding diaryl/α,β-unsaturated/α-hetero) is 1. The fourth-order valence-electron chi connectivity index (χ4n) is 1.69. The van der Waals surface area contributed by atoms with E-state index in [1.165, 1.54) is 0 Å². The summed E-state index contributed by atoms with van der Waals surface area (Å²) >= 11 is 11.8. The Morgan fingerprint density at radius 1 is 1.28 bits per heavy atom. The summed E-state index contributed by atoms with van der Waals surface area (Å²) in [6, 6.07) is 4.89. The van der Waals surface area contributed by atoms with E-state index in [1.807, 2.05) is 27.7 Å². The van der Waals surface area contributed by atoms with Crippen LogP contribution in [-0.2, 0) is 4.74 Å². The van der Waals surface area contributed by atoms with Crippen LogP contribution in [0.25, 0.3) is 0 Å². The Bertz CT molecular complexity index is 436. The molecule has 0 saturated carbocycles. The van der Waals surface area contributed by atoms with E-state index in [2.05, 4.69) is 0 Å². The summed E-state index contributed by atoms with van der Waals surface area (Å²) in [5.41, 5.74) is 0.261. The Balaban J connectivity index is 3.06. The summed E-state index contributed by atoms with van der Waals surface area (Å²) < 4.78 is 5.57. The van der Waals surface area contributed by atoms with Gasteiger partial charge in [-0.25, -0.2) is 0 Å². The summed E-state index contributed by atoms with van der Waals surface area (Å²) in [6.07, 6.45) is -0.486. The van der Waals surface area contributed by atoms with E-state index in [0.717, 1.165) is 0 Å². The second-order valence-electron chi connectivity index (χ2n) is 5.19. The Morgan fingerprint density at radius 3 is 2.33 bits per heavy atom. The molecule has 0 N–H and O–H groups in total. The van der Waals surface area contributed by atoms with Crippen LogP contribution in [0.4, 0.5) is 0 Å². The summed E-state index contributed by atoms with van der Waals surface area (Å²) in [5.74, 6) is -0.0667. The molecule has 1 unspecified atom stereocenters. The van der Waals surface area contributed by atoms with Crippen LogP contribution >= 0.6 is 23.2 Å². The van der Waals surface area contributed by atoms with Crippen LogP contribution in [-0.4, -0.2) is 18.5 Å². The Morgan fingerprint density at radius 2 is 1.89 bits per heavy atom.